The number of aromatic nitrogens is 1. The first-order valence-corrected chi connectivity index (χ1v) is 9.51. The molecule has 0 aliphatic carbocycles. The number of rotatable bonds is 7. The number of methoxy groups -OCH3 is 1. The Morgan fingerprint density at radius 3 is 2.44 bits per heavy atom. The molecule has 0 bridgehead atoms. The third-order valence-electron chi connectivity index (χ3n) is 3.61. The van der Waals surface area contributed by atoms with Crippen molar-refractivity contribution < 1.29 is 4.74 Å². The summed E-state index contributed by atoms with van der Waals surface area (Å²) in [6.45, 7) is 3.65. The maximum Gasteiger partial charge on any atom is 0.119 e. The van der Waals surface area contributed by atoms with Crippen molar-refractivity contribution in [2.24, 2.45) is 10.7 Å². The van der Waals surface area contributed by atoms with E-state index in [1.165, 1.54) is 23.0 Å². The Balaban J connectivity index is 0.000000451. The molecule has 0 saturated carbocycles. The highest BCUT2D eigenvalue weighted by Gasteiger charge is 1.97. The molecule has 4 N–H and O–H groups in total. The highest BCUT2D eigenvalue weighted by molar-refractivity contribution is 7.04. The van der Waals surface area contributed by atoms with Gasteiger partial charge in [0.15, 0.2) is 0 Å². The number of aryl methyl sites for hydroxylation is 1. The van der Waals surface area contributed by atoms with E-state index in [1.54, 1.807) is 30.9 Å². The molecule has 0 unspecified atom stereocenters. The normalized spacial score (nSPS) is 10.9. The molecule has 0 amide bonds. The SMILES string of the molecule is COc1cccc(CNCc2ccc(N=C/C=C\N)cc2)c1.Cc1cs[nH]1. The van der Waals surface area contributed by atoms with Crippen LogP contribution in [0.5, 0.6) is 5.75 Å². The molecule has 1 aromatic heterocycles. The Bertz CT molecular complexity index is 825. The molecular formula is C21H26N4OS. The van der Waals surface area contributed by atoms with Crippen molar-refractivity contribution in [1.29, 1.82) is 0 Å². The van der Waals surface area contributed by atoms with Crippen LogP contribution in [0, 0.1) is 6.92 Å². The minimum absolute atomic E-state index is 0.804. The molecule has 1 heterocycles. The van der Waals surface area contributed by atoms with Gasteiger partial charge in [-0.1, -0.05) is 35.8 Å². The van der Waals surface area contributed by atoms with E-state index in [2.05, 4.69) is 38.3 Å². The van der Waals surface area contributed by atoms with Crippen LogP contribution >= 0.6 is 11.5 Å². The number of H-pyrrole nitrogens is 1. The molecular weight excluding hydrogens is 356 g/mol. The largest absolute Gasteiger partial charge is 0.497 e. The zero-order valence-corrected chi connectivity index (χ0v) is 16.5. The van der Waals surface area contributed by atoms with Crippen LogP contribution in [0.15, 0.2) is 71.2 Å². The summed E-state index contributed by atoms with van der Waals surface area (Å²) >= 11 is 1.63. The number of ether oxygens (including phenoxy) is 1. The first-order chi connectivity index (χ1) is 13.2. The van der Waals surface area contributed by atoms with Gasteiger partial charge in [-0.15, -0.1) is 0 Å². The number of allylic oxidation sites excluding steroid dienone is 1. The highest BCUT2D eigenvalue weighted by atomic mass is 32.1. The summed E-state index contributed by atoms with van der Waals surface area (Å²) in [4.78, 5) is 4.26. The predicted octanol–water partition coefficient (Wildman–Crippen LogP) is 4.54. The maximum atomic E-state index is 5.25. The van der Waals surface area contributed by atoms with Crippen molar-refractivity contribution in [1.82, 2.24) is 9.69 Å². The van der Waals surface area contributed by atoms with Crippen molar-refractivity contribution >= 4 is 23.4 Å². The minimum atomic E-state index is 0.804. The number of benzene rings is 2. The van der Waals surface area contributed by atoms with Gasteiger partial charge < -0.3 is 20.2 Å². The first-order valence-electron chi connectivity index (χ1n) is 8.63. The van der Waals surface area contributed by atoms with E-state index in [0.29, 0.717) is 0 Å². The van der Waals surface area contributed by atoms with Crippen molar-refractivity contribution in [2.45, 2.75) is 20.0 Å². The minimum Gasteiger partial charge on any atom is -0.497 e. The molecule has 3 rings (SSSR count). The standard InChI is InChI=1S/C18H21N3O.C3H5NS/c1-22-18-5-2-4-16(12-18)14-20-13-15-6-8-17(9-7-15)21-11-3-10-19;1-3-2-5-4-3/h2-12,20H,13-14,19H2,1H3;2,4H,1H3/b10-3-,21-11?;. The van der Waals surface area contributed by atoms with Crippen LogP contribution in [-0.2, 0) is 13.1 Å². The summed E-state index contributed by atoms with van der Waals surface area (Å²) in [6.07, 6.45) is 4.83. The number of hydrogen-bond acceptors (Lipinski definition) is 5. The second-order valence-electron chi connectivity index (χ2n) is 5.81. The lowest BCUT2D eigenvalue weighted by atomic mass is 10.2. The second kappa shape index (κ2) is 11.7. The van der Waals surface area contributed by atoms with E-state index < -0.39 is 0 Å². The molecule has 3 aromatic rings. The number of nitrogens with two attached hydrogens (primary N) is 1. The molecule has 27 heavy (non-hydrogen) atoms. The van der Waals surface area contributed by atoms with E-state index in [-0.39, 0.29) is 0 Å². The summed E-state index contributed by atoms with van der Waals surface area (Å²) in [6, 6.07) is 16.2. The molecule has 0 aliphatic heterocycles. The fraction of sp³-hybridized carbons (Fsp3) is 0.190. The first kappa shape index (κ1) is 20.5. The monoisotopic (exact) mass is 382 g/mol. The zero-order valence-electron chi connectivity index (χ0n) is 15.7. The maximum absolute atomic E-state index is 5.25. The quantitative estimate of drug-likeness (QED) is 0.525. The Labute approximate surface area is 164 Å². The third-order valence-corrected chi connectivity index (χ3v) is 4.52. The van der Waals surface area contributed by atoms with E-state index in [0.717, 1.165) is 24.5 Å². The van der Waals surface area contributed by atoms with Crippen molar-refractivity contribution in [3.8, 4) is 5.75 Å². The van der Waals surface area contributed by atoms with Gasteiger partial charge in [-0.25, -0.2) is 0 Å². The molecule has 0 fully saturated rings. The van der Waals surface area contributed by atoms with Gasteiger partial charge in [0, 0.05) is 30.4 Å². The Morgan fingerprint density at radius 1 is 1.15 bits per heavy atom. The molecule has 0 saturated heterocycles. The fourth-order valence-corrected chi connectivity index (χ4v) is 2.54. The van der Waals surface area contributed by atoms with E-state index >= 15 is 0 Å². The van der Waals surface area contributed by atoms with Gasteiger partial charge in [0.25, 0.3) is 0 Å². The van der Waals surface area contributed by atoms with E-state index in [9.17, 15) is 0 Å². The molecule has 142 valence electrons. The number of aromatic amines is 1. The smallest absolute Gasteiger partial charge is 0.119 e. The van der Waals surface area contributed by atoms with Crippen molar-refractivity contribution in [3.63, 3.8) is 0 Å². The van der Waals surface area contributed by atoms with Crippen molar-refractivity contribution in [2.75, 3.05) is 7.11 Å². The fourth-order valence-electron chi connectivity index (χ4n) is 2.19. The number of aliphatic imine (C=N–C) groups is 1. The van der Waals surface area contributed by atoms with Crippen LogP contribution in [0.25, 0.3) is 0 Å². The molecule has 0 spiro atoms. The number of nitrogens with zero attached hydrogens (tertiary/aromatic N) is 1. The Hall–Kier alpha value is -2.83. The van der Waals surface area contributed by atoms with Crippen LogP contribution in [0.1, 0.15) is 16.8 Å². The molecule has 0 atom stereocenters. The predicted molar refractivity (Wildman–Crippen MR) is 115 cm³/mol. The van der Waals surface area contributed by atoms with Crippen LogP contribution in [0.3, 0.4) is 0 Å². The number of nitrogens with one attached hydrogen (secondary N) is 2. The van der Waals surface area contributed by atoms with Crippen LogP contribution in [0.4, 0.5) is 5.69 Å². The van der Waals surface area contributed by atoms with E-state index in [4.69, 9.17) is 10.5 Å². The average Bonchev–Trinajstić information content (AvgIpc) is 2.68. The zero-order chi connectivity index (χ0) is 19.3. The number of hydrogen-bond donors (Lipinski definition) is 3. The van der Waals surface area contributed by atoms with Gasteiger partial charge in [-0.05, 0) is 54.6 Å². The van der Waals surface area contributed by atoms with Gasteiger partial charge in [0.1, 0.15) is 5.75 Å². The molecule has 6 heteroatoms. The summed E-state index contributed by atoms with van der Waals surface area (Å²) in [5, 5.41) is 5.49. The second-order valence-corrected chi connectivity index (χ2v) is 6.48. The lowest BCUT2D eigenvalue weighted by Gasteiger charge is -2.07. The van der Waals surface area contributed by atoms with Gasteiger partial charge >= 0.3 is 0 Å². The average molecular weight is 383 g/mol. The van der Waals surface area contributed by atoms with Gasteiger partial charge in [0.05, 0.1) is 12.8 Å². The lowest BCUT2D eigenvalue weighted by molar-refractivity contribution is 0.414. The topological polar surface area (TPSA) is 75.4 Å². The lowest BCUT2D eigenvalue weighted by Crippen LogP contribution is -2.12. The Morgan fingerprint density at radius 2 is 1.85 bits per heavy atom. The molecule has 0 aliphatic rings. The molecule has 2 aromatic carbocycles. The van der Waals surface area contributed by atoms with Crippen LogP contribution in [-0.4, -0.2) is 17.7 Å². The third kappa shape index (κ3) is 7.94. The van der Waals surface area contributed by atoms with Crippen molar-refractivity contribution in [3.05, 3.63) is 83.0 Å². The van der Waals surface area contributed by atoms with Gasteiger partial charge in [0.2, 0.25) is 0 Å². The van der Waals surface area contributed by atoms with Crippen LogP contribution < -0.4 is 15.8 Å². The molecule has 0 radical (unpaired) electrons. The van der Waals surface area contributed by atoms with Gasteiger partial charge in [-0.3, -0.25) is 4.99 Å². The highest BCUT2D eigenvalue weighted by Crippen LogP contribution is 2.14. The van der Waals surface area contributed by atoms with Crippen LogP contribution in [0.2, 0.25) is 0 Å². The van der Waals surface area contributed by atoms with E-state index in [1.807, 2.05) is 37.3 Å². The summed E-state index contributed by atoms with van der Waals surface area (Å²) in [5.74, 6) is 0.882. The van der Waals surface area contributed by atoms with Gasteiger partial charge in [-0.2, -0.15) is 0 Å². The summed E-state index contributed by atoms with van der Waals surface area (Å²) in [7, 11) is 1.68. The molecule has 5 nitrogen and oxygen atoms in total. The summed E-state index contributed by atoms with van der Waals surface area (Å²) in [5.41, 5.74) is 9.86. The summed E-state index contributed by atoms with van der Waals surface area (Å²) < 4.78 is 8.21. The Kier molecular flexibility index (Phi) is 8.89.